The van der Waals surface area contributed by atoms with E-state index in [0.29, 0.717) is 12.3 Å². The molecule has 136 valence electrons. The first-order chi connectivity index (χ1) is 11.9. The molecule has 2 aromatic rings. The minimum Gasteiger partial charge on any atom is -0.467 e. The lowest BCUT2D eigenvalue weighted by molar-refractivity contribution is -0.117. The number of amides is 1. The van der Waals surface area contributed by atoms with E-state index in [1.54, 1.807) is 11.3 Å². The van der Waals surface area contributed by atoms with E-state index in [2.05, 4.69) is 30.1 Å². The van der Waals surface area contributed by atoms with Gasteiger partial charge in [-0.25, -0.2) is 11.7 Å². The van der Waals surface area contributed by atoms with Crippen molar-refractivity contribution in [3.8, 4) is 0 Å². The predicted octanol–water partition coefficient (Wildman–Crippen LogP) is 2.05. The van der Waals surface area contributed by atoms with Crippen LogP contribution in [0.5, 0.6) is 0 Å². The molecule has 7 heteroatoms. The van der Waals surface area contributed by atoms with E-state index in [0.717, 1.165) is 23.0 Å². The number of nitrogens with two attached hydrogens (primary N) is 2. The Balaban J connectivity index is 0.000000399. The van der Waals surface area contributed by atoms with Crippen molar-refractivity contribution in [3.63, 3.8) is 0 Å². The van der Waals surface area contributed by atoms with Gasteiger partial charge < -0.3 is 14.3 Å². The number of hydrogen-bond donors (Lipinski definition) is 2. The number of carbonyl (C=O) groups is 1. The van der Waals surface area contributed by atoms with Crippen LogP contribution in [0.2, 0.25) is 0 Å². The zero-order valence-electron chi connectivity index (χ0n) is 15.1. The summed E-state index contributed by atoms with van der Waals surface area (Å²) >= 11 is 0. The molecule has 25 heavy (non-hydrogen) atoms. The van der Waals surface area contributed by atoms with Crippen molar-refractivity contribution < 1.29 is 9.21 Å². The molecule has 1 heterocycles. The Bertz CT molecular complexity index is 646. The van der Waals surface area contributed by atoms with E-state index < -0.39 is 0 Å². The average molecular weight is 345 g/mol. The van der Waals surface area contributed by atoms with Crippen LogP contribution in [0, 0.1) is 0 Å². The fourth-order valence-corrected chi connectivity index (χ4v) is 2.69. The molecule has 0 radical (unpaired) electrons. The van der Waals surface area contributed by atoms with Crippen molar-refractivity contribution in [3.05, 3.63) is 47.9 Å². The van der Waals surface area contributed by atoms with Crippen LogP contribution < -0.4 is 21.6 Å². The van der Waals surface area contributed by atoms with Crippen molar-refractivity contribution in [1.82, 2.24) is 5.01 Å². The summed E-state index contributed by atoms with van der Waals surface area (Å²) in [5.74, 6) is 12.4. The SMILES string of the molecule is CN(N)C=O.CN(N)c1cccc(C2CC2)c1N(C)Cc1ccco1. The smallest absolute Gasteiger partial charge is 0.223 e. The largest absolute Gasteiger partial charge is 0.467 e. The minimum atomic E-state index is 0.528. The maximum atomic E-state index is 9.31. The number of rotatable bonds is 6. The highest BCUT2D eigenvalue weighted by atomic mass is 16.3. The van der Waals surface area contributed by atoms with E-state index in [4.69, 9.17) is 16.1 Å². The highest BCUT2D eigenvalue weighted by Crippen LogP contribution is 2.47. The van der Waals surface area contributed by atoms with Crippen molar-refractivity contribution >= 4 is 17.8 Å². The maximum absolute atomic E-state index is 9.31. The Morgan fingerprint density at radius 1 is 1.16 bits per heavy atom. The van der Waals surface area contributed by atoms with Gasteiger partial charge in [0, 0.05) is 21.1 Å². The van der Waals surface area contributed by atoms with Crippen molar-refractivity contribution in [2.75, 3.05) is 31.1 Å². The lowest BCUT2D eigenvalue weighted by atomic mass is 10.1. The number of hydrogen-bond acceptors (Lipinski definition) is 6. The van der Waals surface area contributed by atoms with Gasteiger partial charge >= 0.3 is 0 Å². The molecule has 0 atom stereocenters. The van der Waals surface area contributed by atoms with Crippen molar-refractivity contribution in [1.29, 1.82) is 0 Å². The van der Waals surface area contributed by atoms with Crippen LogP contribution in [0.25, 0.3) is 0 Å². The summed E-state index contributed by atoms with van der Waals surface area (Å²) in [6.45, 7) is 0.748. The second-order valence-corrected chi connectivity index (χ2v) is 6.31. The number of carbonyl (C=O) groups excluding carboxylic acids is 1. The molecule has 1 aliphatic rings. The Labute approximate surface area is 148 Å². The number of para-hydroxylation sites is 1. The fourth-order valence-electron chi connectivity index (χ4n) is 2.69. The van der Waals surface area contributed by atoms with Crippen LogP contribution >= 0.6 is 0 Å². The van der Waals surface area contributed by atoms with E-state index in [1.165, 1.54) is 31.1 Å². The molecule has 1 aliphatic carbocycles. The first-order valence-corrected chi connectivity index (χ1v) is 8.21. The summed E-state index contributed by atoms with van der Waals surface area (Å²) < 4.78 is 5.46. The van der Waals surface area contributed by atoms with Crippen LogP contribution in [0.15, 0.2) is 41.0 Å². The molecule has 0 bridgehead atoms. The summed E-state index contributed by atoms with van der Waals surface area (Å²) in [6, 6.07) is 10.3. The van der Waals surface area contributed by atoms with Gasteiger partial charge in [-0.05, 0) is 42.5 Å². The second-order valence-electron chi connectivity index (χ2n) is 6.31. The molecule has 1 saturated carbocycles. The minimum absolute atomic E-state index is 0.528. The van der Waals surface area contributed by atoms with Gasteiger partial charge in [-0.1, -0.05) is 12.1 Å². The monoisotopic (exact) mass is 345 g/mol. The molecule has 0 aliphatic heterocycles. The molecule has 4 N–H and O–H groups in total. The molecule has 1 aromatic heterocycles. The molecule has 7 nitrogen and oxygen atoms in total. The first-order valence-electron chi connectivity index (χ1n) is 8.21. The standard InChI is InChI=1S/C16H21N3O.C2H6N2O/c1-18(11-13-5-4-10-20-13)16-14(12-8-9-12)6-3-7-15(16)19(2)17;1-4(3)2-5/h3-7,10,12H,8-9,11,17H2,1-2H3;2H,3H2,1H3. The third kappa shape index (κ3) is 5.23. The Morgan fingerprint density at radius 2 is 1.84 bits per heavy atom. The Kier molecular flexibility index (Phi) is 6.44. The first kappa shape index (κ1) is 18.8. The average Bonchev–Trinajstić information content (AvgIpc) is 3.32. The Hall–Kier alpha value is -2.51. The van der Waals surface area contributed by atoms with Gasteiger partial charge in [0.25, 0.3) is 0 Å². The molecular weight excluding hydrogens is 318 g/mol. The summed E-state index contributed by atoms with van der Waals surface area (Å²) in [5.41, 5.74) is 3.67. The van der Waals surface area contributed by atoms with Crippen LogP contribution in [0.4, 0.5) is 11.4 Å². The van der Waals surface area contributed by atoms with Crippen molar-refractivity contribution in [2.45, 2.75) is 25.3 Å². The summed E-state index contributed by atoms with van der Waals surface area (Å²) in [6.07, 6.45) is 4.80. The van der Waals surface area contributed by atoms with Crippen molar-refractivity contribution in [2.24, 2.45) is 11.7 Å². The number of furan rings is 1. The van der Waals surface area contributed by atoms with Gasteiger partial charge in [0.2, 0.25) is 6.41 Å². The van der Waals surface area contributed by atoms with E-state index in [-0.39, 0.29) is 0 Å². The summed E-state index contributed by atoms with van der Waals surface area (Å²) in [7, 11) is 5.44. The van der Waals surface area contributed by atoms with Crippen LogP contribution in [-0.4, -0.2) is 32.6 Å². The number of benzene rings is 1. The molecule has 0 saturated heterocycles. The third-order valence-corrected chi connectivity index (χ3v) is 3.96. The number of hydrazine groups is 2. The van der Waals surface area contributed by atoms with E-state index in [9.17, 15) is 4.79 Å². The molecular formula is C18H27N5O2. The van der Waals surface area contributed by atoms with Gasteiger partial charge in [-0.3, -0.25) is 9.80 Å². The molecule has 1 fully saturated rings. The fraction of sp³-hybridized carbons (Fsp3) is 0.389. The number of anilines is 2. The van der Waals surface area contributed by atoms with Crippen LogP contribution in [0.1, 0.15) is 30.1 Å². The summed E-state index contributed by atoms with van der Waals surface area (Å²) in [5, 5.41) is 2.64. The molecule has 0 spiro atoms. The molecule has 1 amide bonds. The molecule has 0 unspecified atom stereocenters. The van der Waals surface area contributed by atoms with Gasteiger partial charge in [0.15, 0.2) is 0 Å². The predicted molar refractivity (Wildman–Crippen MR) is 99.8 cm³/mol. The topological polar surface area (TPSA) is 92.0 Å². The normalized spacial score (nSPS) is 12.8. The van der Waals surface area contributed by atoms with Gasteiger partial charge in [-0.15, -0.1) is 0 Å². The Morgan fingerprint density at radius 3 is 2.32 bits per heavy atom. The zero-order chi connectivity index (χ0) is 18.4. The van der Waals surface area contributed by atoms with Gasteiger partial charge in [0.1, 0.15) is 5.76 Å². The van der Waals surface area contributed by atoms with E-state index in [1.807, 2.05) is 19.2 Å². The lowest BCUT2D eigenvalue weighted by Crippen LogP contribution is -2.29. The number of nitrogens with zero attached hydrogens (tertiary/aromatic N) is 3. The van der Waals surface area contributed by atoms with Crippen LogP contribution in [-0.2, 0) is 11.3 Å². The quantitative estimate of drug-likeness (QED) is 0.360. The lowest BCUT2D eigenvalue weighted by Gasteiger charge is -2.27. The highest BCUT2D eigenvalue weighted by Gasteiger charge is 2.29. The maximum Gasteiger partial charge on any atom is 0.223 e. The zero-order valence-corrected chi connectivity index (χ0v) is 15.1. The molecule has 1 aromatic carbocycles. The van der Waals surface area contributed by atoms with Gasteiger partial charge in [-0.2, -0.15) is 0 Å². The summed E-state index contributed by atoms with van der Waals surface area (Å²) in [4.78, 5) is 11.5. The molecule has 3 rings (SSSR count). The van der Waals surface area contributed by atoms with Gasteiger partial charge in [0.05, 0.1) is 24.2 Å². The van der Waals surface area contributed by atoms with Crippen LogP contribution in [0.3, 0.4) is 0 Å². The highest BCUT2D eigenvalue weighted by molar-refractivity contribution is 5.75. The van der Waals surface area contributed by atoms with E-state index >= 15 is 0 Å². The third-order valence-electron chi connectivity index (χ3n) is 3.96. The second kappa shape index (κ2) is 8.55.